The molecule has 0 saturated carbocycles. The summed E-state index contributed by atoms with van der Waals surface area (Å²) in [5.41, 5.74) is 14.9. The van der Waals surface area contributed by atoms with E-state index in [4.69, 9.17) is 9.98 Å². The number of benzene rings is 8. The number of hydrogen-bond acceptors (Lipinski definition) is 5. The second-order valence-corrected chi connectivity index (χ2v) is 19.3. The zero-order valence-corrected chi connectivity index (χ0v) is 39.4. The summed E-state index contributed by atoms with van der Waals surface area (Å²) in [7, 11) is 2.17. The van der Waals surface area contributed by atoms with Crippen LogP contribution in [0.25, 0.3) is 64.9 Å². The smallest absolute Gasteiger partial charge is 0.137 e. The molecule has 0 bridgehead atoms. The van der Waals surface area contributed by atoms with E-state index in [-0.39, 0.29) is 18.0 Å². The van der Waals surface area contributed by atoms with Crippen molar-refractivity contribution in [3.63, 3.8) is 0 Å². The molecule has 0 saturated heterocycles. The highest BCUT2D eigenvalue weighted by molar-refractivity contribution is 7.26. The van der Waals surface area contributed by atoms with Gasteiger partial charge in [-0.2, -0.15) is 0 Å². The van der Waals surface area contributed by atoms with Gasteiger partial charge in [0, 0.05) is 55.5 Å². The first-order valence-corrected chi connectivity index (χ1v) is 24.7. The molecule has 9 aromatic rings. The van der Waals surface area contributed by atoms with E-state index in [9.17, 15) is 0 Å². The molecule has 0 spiro atoms. The molecular weight excluding hydrogens is 857 g/mol. The van der Waals surface area contributed by atoms with Gasteiger partial charge in [0.1, 0.15) is 11.7 Å². The molecule has 5 heteroatoms. The Kier molecular flexibility index (Phi) is 11.1. The minimum absolute atomic E-state index is 0.00715. The van der Waals surface area contributed by atoms with E-state index in [1.54, 1.807) is 0 Å². The van der Waals surface area contributed by atoms with Crippen molar-refractivity contribution in [2.75, 3.05) is 7.05 Å². The number of thiophene rings is 1. The Balaban J connectivity index is 0.915. The van der Waals surface area contributed by atoms with Crippen molar-refractivity contribution in [3.8, 4) is 33.4 Å². The number of likely N-dealkylation sites (N-methyl/N-ethyl adjacent to an activating group) is 1. The van der Waals surface area contributed by atoms with E-state index in [0.29, 0.717) is 5.92 Å². The maximum absolute atomic E-state index is 5.34. The summed E-state index contributed by atoms with van der Waals surface area (Å²) in [5.74, 6) is 2.51. The molecule has 332 valence electrons. The molecule has 69 heavy (non-hydrogen) atoms. The van der Waals surface area contributed by atoms with Crippen molar-refractivity contribution >= 4 is 54.6 Å². The molecule has 0 fully saturated rings. The Morgan fingerprint density at radius 2 is 1.16 bits per heavy atom. The summed E-state index contributed by atoms with van der Waals surface area (Å²) in [5, 5.41) is 6.32. The Bertz CT molecular complexity index is 3540. The fourth-order valence-corrected chi connectivity index (χ4v) is 11.5. The minimum Gasteiger partial charge on any atom is -0.349 e. The highest BCUT2D eigenvalue weighted by Gasteiger charge is 2.29. The highest BCUT2D eigenvalue weighted by atomic mass is 32.1. The van der Waals surface area contributed by atoms with Crippen molar-refractivity contribution in [2.24, 2.45) is 21.8 Å². The molecule has 4 nitrogen and oxygen atoms in total. The molecule has 0 radical (unpaired) electrons. The number of nitrogens with zero attached hydrogens (tertiary/aromatic N) is 3. The molecular formula is C64H50N4S. The number of aliphatic imine (C=N–C) groups is 2. The van der Waals surface area contributed by atoms with Crippen LogP contribution >= 0.6 is 11.3 Å². The molecule has 12 rings (SSSR count). The van der Waals surface area contributed by atoms with Gasteiger partial charge < -0.3 is 10.2 Å². The monoisotopic (exact) mass is 906 g/mol. The van der Waals surface area contributed by atoms with E-state index in [1.807, 2.05) is 11.3 Å². The summed E-state index contributed by atoms with van der Waals surface area (Å²) in [6.45, 7) is 2.29. The second kappa shape index (κ2) is 18.2. The summed E-state index contributed by atoms with van der Waals surface area (Å²) in [4.78, 5) is 12.9. The van der Waals surface area contributed by atoms with Crippen LogP contribution in [-0.2, 0) is 0 Å². The average molecular weight is 907 g/mol. The molecule has 4 atom stereocenters. The van der Waals surface area contributed by atoms with Gasteiger partial charge in [-0.3, -0.25) is 4.99 Å². The SMILES string of the molecule is CC1C=CC=CC1C1C=C(c2ccc(-c3c(-c4ccc(C5C=C(c6ccccc6)N=C(c6cccc(-c7ccccc7)c6)N5C)cc4)ccc4c3sc3ccccc34)cc2)NC(c2ccccc2)=N1. The van der Waals surface area contributed by atoms with Crippen LogP contribution in [0.4, 0.5) is 0 Å². The number of rotatable bonds is 9. The van der Waals surface area contributed by atoms with Gasteiger partial charge in [-0.1, -0.05) is 219 Å². The molecule has 3 aliphatic rings. The number of nitrogens with one attached hydrogen (secondary N) is 1. The lowest BCUT2D eigenvalue weighted by Crippen LogP contribution is -2.34. The van der Waals surface area contributed by atoms with Gasteiger partial charge in [0.15, 0.2) is 0 Å². The predicted octanol–water partition coefficient (Wildman–Crippen LogP) is 15.7. The Hall–Kier alpha value is -8.12. The fraction of sp³-hybridized carbons (Fsp3) is 0.0938. The van der Waals surface area contributed by atoms with Crippen molar-refractivity contribution in [1.82, 2.24) is 10.2 Å². The van der Waals surface area contributed by atoms with Crippen LogP contribution in [0.3, 0.4) is 0 Å². The van der Waals surface area contributed by atoms with Crippen molar-refractivity contribution in [3.05, 3.63) is 264 Å². The summed E-state index contributed by atoms with van der Waals surface area (Å²) >= 11 is 1.88. The molecule has 3 heterocycles. The third-order valence-corrected chi connectivity index (χ3v) is 15.2. The largest absolute Gasteiger partial charge is 0.349 e. The Labute approximate surface area is 408 Å². The van der Waals surface area contributed by atoms with Gasteiger partial charge in [0.2, 0.25) is 0 Å². The van der Waals surface area contributed by atoms with Gasteiger partial charge in [-0.05, 0) is 74.7 Å². The van der Waals surface area contributed by atoms with E-state index in [1.165, 1.54) is 59.1 Å². The average Bonchev–Trinajstić information content (AvgIpc) is 3.80. The summed E-state index contributed by atoms with van der Waals surface area (Å²) < 4.78 is 2.59. The van der Waals surface area contributed by atoms with E-state index in [0.717, 1.165) is 45.3 Å². The van der Waals surface area contributed by atoms with Crippen LogP contribution in [0.15, 0.2) is 247 Å². The standard InChI is InChI=1S/C64H50N4S/c1-42-17-12-13-26-52(42)58-40-56(65-63(66-58)49-22-10-5-11-23-49)46-31-35-48(36-32-46)61-53(37-38-55-54-27-14-15-28-60(54)69-62(55)61)44-29-33-47(34-30-44)59-41-57(45-20-8-4-9-21-45)67-64(68(59)2)51-25-16-24-50(39-51)43-18-6-3-7-19-43/h3-42,52,58-59H,1-2H3,(H,65,66). The van der Waals surface area contributed by atoms with Gasteiger partial charge in [-0.15, -0.1) is 11.3 Å². The first-order chi connectivity index (χ1) is 34.0. The van der Waals surface area contributed by atoms with E-state index >= 15 is 0 Å². The zero-order valence-electron chi connectivity index (χ0n) is 38.6. The van der Waals surface area contributed by atoms with Crippen molar-refractivity contribution in [2.45, 2.75) is 19.0 Å². The molecule has 2 aliphatic heterocycles. The maximum Gasteiger partial charge on any atom is 0.137 e. The number of allylic oxidation sites excluding steroid dienone is 3. The predicted molar refractivity (Wildman–Crippen MR) is 292 cm³/mol. The first-order valence-electron chi connectivity index (χ1n) is 23.9. The van der Waals surface area contributed by atoms with Gasteiger partial charge in [0.05, 0.1) is 17.8 Å². The normalized spacial score (nSPS) is 18.9. The minimum atomic E-state index is -0.0391. The lowest BCUT2D eigenvalue weighted by atomic mass is 9.83. The quantitative estimate of drug-likeness (QED) is 0.157. The fourth-order valence-electron chi connectivity index (χ4n) is 10.3. The van der Waals surface area contributed by atoms with Crippen LogP contribution in [0.2, 0.25) is 0 Å². The third-order valence-electron chi connectivity index (χ3n) is 14.0. The van der Waals surface area contributed by atoms with Crippen LogP contribution in [0.5, 0.6) is 0 Å². The van der Waals surface area contributed by atoms with Gasteiger partial charge in [0.25, 0.3) is 0 Å². The summed E-state index contributed by atoms with van der Waals surface area (Å²) in [6.07, 6.45) is 13.6. The number of hydrogen-bond donors (Lipinski definition) is 1. The number of amidine groups is 2. The van der Waals surface area contributed by atoms with E-state index < -0.39 is 0 Å². The maximum atomic E-state index is 5.34. The lowest BCUT2D eigenvalue weighted by molar-refractivity contribution is 0.435. The Morgan fingerprint density at radius 1 is 0.522 bits per heavy atom. The summed E-state index contributed by atoms with van der Waals surface area (Å²) in [6, 6.07) is 72.2. The number of fused-ring (bicyclic) bond motifs is 3. The van der Waals surface area contributed by atoms with Crippen molar-refractivity contribution in [1.29, 1.82) is 0 Å². The molecule has 1 aliphatic carbocycles. The van der Waals surface area contributed by atoms with Crippen LogP contribution in [0.1, 0.15) is 40.8 Å². The van der Waals surface area contributed by atoms with Gasteiger partial charge in [-0.25, -0.2) is 4.99 Å². The topological polar surface area (TPSA) is 40.0 Å². The van der Waals surface area contributed by atoms with E-state index in [2.05, 4.69) is 261 Å². The molecule has 0 amide bonds. The molecule has 1 aromatic heterocycles. The van der Waals surface area contributed by atoms with Crippen LogP contribution in [-0.4, -0.2) is 29.7 Å². The zero-order chi connectivity index (χ0) is 46.3. The second-order valence-electron chi connectivity index (χ2n) is 18.3. The molecule has 4 unspecified atom stereocenters. The first kappa shape index (κ1) is 42.2. The Morgan fingerprint density at radius 3 is 1.91 bits per heavy atom. The van der Waals surface area contributed by atoms with Crippen molar-refractivity contribution < 1.29 is 0 Å². The van der Waals surface area contributed by atoms with Crippen LogP contribution in [0, 0.1) is 11.8 Å². The highest BCUT2D eigenvalue weighted by Crippen LogP contribution is 2.46. The third kappa shape index (κ3) is 8.15. The lowest BCUT2D eigenvalue weighted by Gasteiger charge is -2.33. The van der Waals surface area contributed by atoms with Gasteiger partial charge >= 0.3 is 0 Å². The molecule has 1 N–H and O–H groups in total. The van der Waals surface area contributed by atoms with Crippen LogP contribution < -0.4 is 5.32 Å². The molecule has 8 aromatic carbocycles.